The number of anilines is 1. The molecule has 0 unspecified atom stereocenters. The minimum Gasteiger partial charge on any atom is -0.493 e. The van der Waals surface area contributed by atoms with Gasteiger partial charge in [-0.25, -0.2) is 0 Å². The van der Waals surface area contributed by atoms with Gasteiger partial charge >= 0.3 is 0 Å². The first kappa shape index (κ1) is 15.7. The average Bonchev–Trinajstić information content (AvgIpc) is 3.32. The zero-order chi connectivity index (χ0) is 17.4. The van der Waals surface area contributed by atoms with E-state index in [4.69, 9.17) is 9.47 Å². The zero-order valence-corrected chi connectivity index (χ0v) is 14.7. The van der Waals surface area contributed by atoms with Crippen molar-refractivity contribution in [1.29, 1.82) is 0 Å². The number of rotatable bonds is 4. The second kappa shape index (κ2) is 6.25. The lowest BCUT2D eigenvalue weighted by atomic mass is 10.1. The molecule has 7 heteroatoms. The molecule has 1 N–H and O–H groups in total. The van der Waals surface area contributed by atoms with Gasteiger partial charge in [0.15, 0.2) is 17.3 Å². The van der Waals surface area contributed by atoms with Crippen molar-refractivity contribution >= 4 is 28.6 Å². The van der Waals surface area contributed by atoms with Gasteiger partial charge in [-0.15, -0.1) is 11.3 Å². The van der Waals surface area contributed by atoms with Gasteiger partial charge in [-0.3, -0.25) is 9.79 Å². The summed E-state index contributed by atoms with van der Waals surface area (Å²) >= 11 is 1.43. The Hall–Kier alpha value is -2.80. The number of carbonyl (C=O) groups is 1. The lowest BCUT2D eigenvalue weighted by Gasteiger charge is -2.31. The molecule has 3 heterocycles. The van der Waals surface area contributed by atoms with Gasteiger partial charge in [-0.05, 0) is 17.5 Å². The van der Waals surface area contributed by atoms with Crippen LogP contribution < -0.4 is 14.8 Å². The molecule has 0 aliphatic carbocycles. The predicted molar refractivity (Wildman–Crippen MR) is 98.0 cm³/mol. The number of thiophene rings is 1. The number of hydrogen-bond donors (Lipinski definition) is 1. The summed E-state index contributed by atoms with van der Waals surface area (Å²) in [4.78, 5) is 19.8. The van der Waals surface area contributed by atoms with E-state index in [2.05, 4.69) is 10.3 Å². The van der Waals surface area contributed by atoms with Gasteiger partial charge in [0.25, 0.3) is 0 Å². The van der Waals surface area contributed by atoms with E-state index in [1.165, 1.54) is 11.3 Å². The summed E-state index contributed by atoms with van der Waals surface area (Å²) < 4.78 is 10.8. The van der Waals surface area contributed by atoms with Crippen LogP contribution in [0.2, 0.25) is 0 Å². The van der Waals surface area contributed by atoms with Gasteiger partial charge < -0.3 is 19.7 Å². The van der Waals surface area contributed by atoms with E-state index in [-0.39, 0.29) is 5.78 Å². The van der Waals surface area contributed by atoms with Crippen molar-refractivity contribution in [1.82, 2.24) is 4.90 Å². The van der Waals surface area contributed by atoms with E-state index in [1.807, 2.05) is 34.5 Å². The SMILES string of the molecule is COc1cc2c(cc1OC)C1=NCCN1C(=CC(=O)c1cccs1)N2. The number of methoxy groups -OCH3 is 2. The monoisotopic (exact) mass is 355 g/mol. The number of ketones is 1. The molecule has 0 atom stereocenters. The normalized spacial score (nSPS) is 16.8. The molecular formula is C18H17N3O3S. The van der Waals surface area contributed by atoms with E-state index < -0.39 is 0 Å². The first-order valence-electron chi connectivity index (χ1n) is 7.86. The number of allylic oxidation sites excluding steroid dienone is 1. The lowest BCUT2D eigenvalue weighted by molar-refractivity contribution is 0.104. The Labute approximate surface area is 149 Å². The van der Waals surface area contributed by atoms with E-state index in [1.54, 1.807) is 20.3 Å². The molecule has 2 aromatic rings. The number of nitrogens with one attached hydrogen (secondary N) is 1. The Kier molecular flexibility index (Phi) is 3.93. The van der Waals surface area contributed by atoms with Gasteiger partial charge in [-0.2, -0.15) is 0 Å². The van der Waals surface area contributed by atoms with E-state index in [0.717, 1.165) is 29.5 Å². The fraction of sp³-hybridized carbons (Fsp3) is 0.222. The smallest absolute Gasteiger partial charge is 0.199 e. The van der Waals surface area contributed by atoms with Crippen LogP contribution in [0.25, 0.3) is 0 Å². The number of fused-ring (bicyclic) bond motifs is 3. The minimum absolute atomic E-state index is 0.0207. The molecule has 6 nitrogen and oxygen atoms in total. The molecule has 0 radical (unpaired) electrons. The third-order valence-electron chi connectivity index (χ3n) is 4.19. The molecule has 0 spiro atoms. The molecule has 0 fully saturated rings. The summed E-state index contributed by atoms with van der Waals surface area (Å²) in [5, 5.41) is 5.24. The van der Waals surface area contributed by atoms with Gasteiger partial charge in [0.1, 0.15) is 11.7 Å². The van der Waals surface area contributed by atoms with Crippen LogP contribution in [0.4, 0.5) is 5.69 Å². The summed E-state index contributed by atoms with van der Waals surface area (Å²) in [6.07, 6.45) is 1.63. The lowest BCUT2D eigenvalue weighted by Crippen LogP contribution is -2.36. The molecule has 128 valence electrons. The summed E-state index contributed by atoms with van der Waals surface area (Å²) in [6, 6.07) is 7.49. The van der Waals surface area contributed by atoms with Crippen molar-refractivity contribution in [2.75, 3.05) is 32.6 Å². The number of carbonyl (C=O) groups excluding carboxylic acids is 1. The van der Waals surface area contributed by atoms with Crippen molar-refractivity contribution in [3.63, 3.8) is 0 Å². The maximum atomic E-state index is 12.5. The molecule has 2 aliphatic heterocycles. The van der Waals surface area contributed by atoms with Crippen molar-refractivity contribution < 1.29 is 14.3 Å². The van der Waals surface area contributed by atoms with Gasteiger partial charge in [0.2, 0.25) is 0 Å². The van der Waals surface area contributed by atoms with Crippen LogP contribution in [-0.2, 0) is 0 Å². The Balaban J connectivity index is 1.77. The quantitative estimate of drug-likeness (QED) is 0.675. The molecule has 1 aromatic carbocycles. The predicted octanol–water partition coefficient (Wildman–Crippen LogP) is 2.98. The summed E-state index contributed by atoms with van der Waals surface area (Å²) in [7, 11) is 3.21. The third kappa shape index (κ3) is 2.66. The standard InChI is InChI=1S/C18H17N3O3S/c1-23-14-8-11-12(9-15(14)24-2)20-17(21-6-5-19-18(11)21)10-13(22)16-4-3-7-25-16/h3-4,7-10,20H,5-6H2,1-2H3. The van der Waals surface area contributed by atoms with Crippen LogP contribution in [0.3, 0.4) is 0 Å². The molecule has 25 heavy (non-hydrogen) atoms. The highest BCUT2D eigenvalue weighted by Gasteiger charge is 2.31. The fourth-order valence-electron chi connectivity index (χ4n) is 3.01. The molecule has 2 aliphatic rings. The molecule has 0 amide bonds. The number of hydrogen-bond acceptors (Lipinski definition) is 7. The number of aliphatic imine (C=N–C) groups is 1. The largest absolute Gasteiger partial charge is 0.493 e. The van der Waals surface area contributed by atoms with Crippen LogP contribution in [0.1, 0.15) is 15.2 Å². The fourth-order valence-corrected chi connectivity index (χ4v) is 3.65. The third-order valence-corrected chi connectivity index (χ3v) is 5.08. The summed E-state index contributed by atoms with van der Waals surface area (Å²) in [5.74, 6) is 2.84. The second-order valence-electron chi connectivity index (χ2n) is 5.61. The maximum Gasteiger partial charge on any atom is 0.199 e. The minimum atomic E-state index is -0.0207. The molecule has 0 saturated heterocycles. The zero-order valence-electron chi connectivity index (χ0n) is 13.9. The Morgan fingerprint density at radius 2 is 2.12 bits per heavy atom. The van der Waals surface area contributed by atoms with Gasteiger partial charge in [0, 0.05) is 24.3 Å². The number of nitrogens with zero attached hydrogens (tertiary/aromatic N) is 2. The topological polar surface area (TPSA) is 63.2 Å². The molecule has 0 bridgehead atoms. The van der Waals surface area contributed by atoms with Crippen LogP contribution >= 0.6 is 11.3 Å². The Morgan fingerprint density at radius 1 is 1.32 bits per heavy atom. The molecular weight excluding hydrogens is 338 g/mol. The van der Waals surface area contributed by atoms with Crippen LogP contribution in [-0.4, -0.2) is 43.8 Å². The highest BCUT2D eigenvalue weighted by Crippen LogP contribution is 2.38. The van der Waals surface area contributed by atoms with Gasteiger partial charge in [-0.1, -0.05) is 6.07 Å². The highest BCUT2D eigenvalue weighted by molar-refractivity contribution is 7.12. The summed E-state index contributed by atoms with van der Waals surface area (Å²) in [5.41, 5.74) is 1.79. The molecule has 0 saturated carbocycles. The van der Waals surface area contributed by atoms with Crippen molar-refractivity contribution in [3.8, 4) is 11.5 Å². The number of amidine groups is 1. The number of benzene rings is 1. The van der Waals surface area contributed by atoms with Crippen LogP contribution in [0.5, 0.6) is 11.5 Å². The highest BCUT2D eigenvalue weighted by atomic mass is 32.1. The van der Waals surface area contributed by atoms with Crippen molar-refractivity contribution in [3.05, 3.63) is 52.0 Å². The van der Waals surface area contributed by atoms with E-state index in [0.29, 0.717) is 22.9 Å². The van der Waals surface area contributed by atoms with Crippen LogP contribution in [0.15, 0.2) is 46.5 Å². The average molecular weight is 355 g/mol. The van der Waals surface area contributed by atoms with Crippen molar-refractivity contribution in [2.45, 2.75) is 0 Å². The maximum absolute atomic E-state index is 12.5. The second-order valence-corrected chi connectivity index (χ2v) is 6.55. The van der Waals surface area contributed by atoms with E-state index in [9.17, 15) is 4.79 Å². The molecule has 1 aromatic heterocycles. The number of ether oxygens (including phenoxy) is 2. The first-order chi connectivity index (χ1) is 12.2. The van der Waals surface area contributed by atoms with Crippen molar-refractivity contribution in [2.24, 2.45) is 4.99 Å². The van der Waals surface area contributed by atoms with Crippen LogP contribution in [0, 0.1) is 0 Å². The van der Waals surface area contributed by atoms with Gasteiger partial charge in [0.05, 0.1) is 31.3 Å². The Bertz CT molecular complexity index is 887. The Morgan fingerprint density at radius 3 is 2.84 bits per heavy atom. The summed E-state index contributed by atoms with van der Waals surface area (Å²) in [6.45, 7) is 1.43. The first-order valence-corrected chi connectivity index (χ1v) is 8.74. The molecule has 4 rings (SSSR count). The van der Waals surface area contributed by atoms with E-state index >= 15 is 0 Å².